The normalized spacial score (nSPS) is 12.0. The van der Waals surface area contributed by atoms with Crippen LogP contribution in [0.15, 0.2) is 29.2 Å². The molecule has 0 aliphatic rings. The number of hydrogen-bond donors (Lipinski definition) is 0. The molecule has 3 rings (SSSR count). The molecule has 8 heteroatoms. The van der Waals surface area contributed by atoms with Crippen molar-refractivity contribution in [1.82, 2.24) is 18.4 Å². The number of imidazole rings is 1. The molecule has 0 saturated heterocycles. The number of benzene rings is 1. The lowest BCUT2D eigenvalue weighted by Gasteiger charge is -2.18. The lowest BCUT2D eigenvalue weighted by Crippen LogP contribution is -2.30. The van der Waals surface area contributed by atoms with Crippen molar-refractivity contribution < 1.29 is 8.42 Å². The molecular formula is C19H23N5O2S. The van der Waals surface area contributed by atoms with E-state index in [1.165, 1.54) is 4.31 Å². The van der Waals surface area contributed by atoms with Gasteiger partial charge in [-0.1, -0.05) is 13.8 Å². The summed E-state index contributed by atoms with van der Waals surface area (Å²) < 4.78 is 30.8. The standard InChI is InChI=1S/C19H23N5O2S/c1-6-24(7-2)27(25,26)15-8-9-18-17(11-15)21-19(23(18)5)16-10-14(12-20)22(4)13(16)3/h8-11H,6-7H2,1-5H3. The minimum atomic E-state index is -3.54. The van der Waals surface area contributed by atoms with Crippen LogP contribution >= 0.6 is 0 Å². The molecule has 27 heavy (non-hydrogen) atoms. The molecule has 0 N–H and O–H groups in total. The smallest absolute Gasteiger partial charge is 0.243 e. The van der Waals surface area contributed by atoms with Crippen LogP contribution in [0.3, 0.4) is 0 Å². The minimum Gasteiger partial charge on any atom is -0.339 e. The van der Waals surface area contributed by atoms with E-state index in [1.54, 1.807) is 18.2 Å². The summed E-state index contributed by atoms with van der Waals surface area (Å²) >= 11 is 0. The highest BCUT2D eigenvalue weighted by Crippen LogP contribution is 2.30. The van der Waals surface area contributed by atoms with Crippen LogP contribution in [-0.4, -0.2) is 39.9 Å². The van der Waals surface area contributed by atoms with Gasteiger partial charge in [0.1, 0.15) is 17.6 Å². The quantitative estimate of drug-likeness (QED) is 0.676. The average Bonchev–Trinajstić information content (AvgIpc) is 3.12. The molecule has 0 bridgehead atoms. The third-order valence-corrected chi connectivity index (χ3v) is 7.13. The molecule has 0 spiro atoms. The molecule has 2 aromatic heterocycles. The van der Waals surface area contributed by atoms with Crippen molar-refractivity contribution in [3.8, 4) is 17.5 Å². The molecule has 0 fully saturated rings. The van der Waals surface area contributed by atoms with Gasteiger partial charge in [0.05, 0.1) is 15.9 Å². The third-order valence-electron chi connectivity index (χ3n) is 5.09. The molecular weight excluding hydrogens is 362 g/mol. The Labute approximate surface area is 159 Å². The van der Waals surface area contributed by atoms with Gasteiger partial charge in [-0.25, -0.2) is 13.4 Å². The van der Waals surface area contributed by atoms with Gasteiger partial charge in [-0.3, -0.25) is 0 Å². The van der Waals surface area contributed by atoms with E-state index >= 15 is 0 Å². The fraction of sp³-hybridized carbons (Fsp3) is 0.368. The summed E-state index contributed by atoms with van der Waals surface area (Å²) in [4.78, 5) is 4.92. The second-order valence-corrected chi connectivity index (χ2v) is 8.37. The Balaban J connectivity index is 2.18. The Bertz CT molecular complexity index is 1160. The van der Waals surface area contributed by atoms with Crippen LogP contribution in [0.5, 0.6) is 0 Å². The first kappa shape index (κ1) is 19.1. The number of aryl methyl sites for hydroxylation is 1. The summed E-state index contributed by atoms with van der Waals surface area (Å²) in [6.07, 6.45) is 0. The molecule has 0 aliphatic carbocycles. The van der Waals surface area contributed by atoms with E-state index in [9.17, 15) is 13.7 Å². The fourth-order valence-electron chi connectivity index (χ4n) is 3.33. The van der Waals surface area contributed by atoms with Gasteiger partial charge in [-0.05, 0) is 31.2 Å². The van der Waals surface area contributed by atoms with Gasteiger partial charge >= 0.3 is 0 Å². The second-order valence-electron chi connectivity index (χ2n) is 6.43. The van der Waals surface area contributed by atoms with E-state index in [4.69, 9.17) is 0 Å². The molecule has 142 valence electrons. The number of fused-ring (bicyclic) bond motifs is 1. The van der Waals surface area contributed by atoms with Gasteiger partial charge in [0.15, 0.2) is 0 Å². The predicted octanol–water partition coefficient (Wildman–Crippen LogP) is 2.79. The Morgan fingerprint density at radius 3 is 2.37 bits per heavy atom. The monoisotopic (exact) mass is 385 g/mol. The lowest BCUT2D eigenvalue weighted by molar-refractivity contribution is 0.445. The molecule has 2 heterocycles. The van der Waals surface area contributed by atoms with Gasteiger partial charge in [0, 0.05) is 38.4 Å². The van der Waals surface area contributed by atoms with Crippen LogP contribution in [0, 0.1) is 18.3 Å². The van der Waals surface area contributed by atoms with Gasteiger partial charge in [0.2, 0.25) is 10.0 Å². The first-order chi connectivity index (χ1) is 12.8. The maximum Gasteiger partial charge on any atom is 0.243 e. The van der Waals surface area contributed by atoms with Crippen LogP contribution in [0.4, 0.5) is 0 Å². The molecule has 0 radical (unpaired) electrons. The van der Waals surface area contributed by atoms with E-state index < -0.39 is 10.0 Å². The number of hydrogen-bond acceptors (Lipinski definition) is 4. The van der Waals surface area contributed by atoms with Crippen LogP contribution in [0.1, 0.15) is 25.2 Å². The third kappa shape index (κ3) is 2.93. The largest absolute Gasteiger partial charge is 0.339 e. The molecule has 3 aromatic rings. The number of aromatic nitrogens is 3. The topological polar surface area (TPSA) is 83.9 Å². The number of sulfonamides is 1. The Kier molecular flexibility index (Phi) is 4.84. The van der Waals surface area contributed by atoms with Crippen LogP contribution in [-0.2, 0) is 24.1 Å². The molecule has 7 nitrogen and oxygen atoms in total. The van der Waals surface area contributed by atoms with Crippen molar-refractivity contribution in [2.45, 2.75) is 25.7 Å². The van der Waals surface area contributed by atoms with Crippen molar-refractivity contribution in [3.63, 3.8) is 0 Å². The number of nitrogens with zero attached hydrogens (tertiary/aromatic N) is 5. The van der Waals surface area contributed by atoms with Crippen LogP contribution in [0.25, 0.3) is 22.4 Å². The van der Waals surface area contributed by atoms with Gasteiger partial charge in [0.25, 0.3) is 0 Å². The Morgan fingerprint density at radius 1 is 1.15 bits per heavy atom. The van der Waals surface area contributed by atoms with E-state index in [1.807, 2.05) is 50.1 Å². The summed E-state index contributed by atoms with van der Waals surface area (Å²) in [6.45, 7) is 6.42. The molecule has 1 aromatic carbocycles. The van der Waals surface area contributed by atoms with Crippen LogP contribution in [0.2, 0.25) is 0 Å². The maximum atomic E-state index is 12.8. The summed E-state index contributed by atoms with van der Waals surface area (Å²) in [5.74, 6) is 0.706. The van der Waals surface area contributed by atoms with Crippen molar-refractivity contribution >= 4 is 21.1 Å². The summed E-state index contributed by atoms with van der Waals surface area (Å²) in [6, 6.07) is 9.01. The van der Waals surface area contributed by atoms with Gasteiger partial charge in [-0.2, -0.15) is 9.57 Å². The molecule has 0 unspecified atom stereocenters. The highest BCUT2D eigenvalue weighted by Gasteiger charge is 2.23. The number of nitriles is 1. The van der Waals surface area contributed by atoms with Crippen molar-refractivity contribution in [2.24, 2.45) is 14.1 Å². The molecule has 0 atom stereocenters. The van der Waals surface area contributed by atoms with Crippen molar-refractivity contribution in [3.05, 3.63) is 35.7 Å². The average molecular weight is 385 g/mol. The fourth-order valence-corrected chi connectivity index (χ4v) is 4.81. The zero-order chi connectivity index (χ0) is 19.9. The van der Waals surface area contributed by atoms with E-state index in [2.05, 4.69) is 11.1 Å². The van der Waals surface area contributed by atoms with Gasteiger partial charge < -0.3 is 9.13 Å². The molecule has 0 aliphatic heterocycles. The Morgan fingerprint density at radius 2 is 1.81 bits per heavy atom. The minimum absolute atomic E-state index is 0.242. The highest BCUT2D eigenvalue weighted by atomic mass is 32.2. The number of rotatable bonds is 5. The zero-order valence-corrected chi connectivity index (χ0v) is 17.0. The second kappa shape index (κ2) is 6.83. The first-order valence-electron chi connectivity index (χ1n) is 8.79. The molecule has 0 amide bonds. The maximum absolute atomic E-state index is 12.8. The summed E-state index contributed by atoms with van der Waals surface area (Å²) in [7, 11) is 0.194. The summed E-state index contributed by atoms with van der Waals surface area (Å²) in [5, 5.41) is 9.27. The SMILES string of the molecule is CCN(CC)S(=O)(=O)c1ccc2c(c1)nc(-c1cc(C#N)n(C)c1C)n2C. The highest BCUT2D eigenvalue weighted by molar-refractivity contribution is 7.89. The van der Waals surface area contributed by atoms with Gasteiger partial charge in [-0.15, -0.1) is 0 Å². The van der Waals surface area contributed by atoms with E-state index in [-0.39, 0.29) is 4.90 Å². The Hall–Kier alpha value is -2.63. The zero-order valence-electron chi connectivity index (χ0n) is 16.2. The first-order valence-corrected chi connectivity index (χ1v) is 10.2. The van der Waals surface area contributed by atoms with Crippen molar-refractivity contribution in [1.29, 1.82) is 5.26 Å². The van der Waals surface area contributed by atoms with Crippen molar-refractivity contribution in [2.75, 3.05) is 13.1 Å². The van der Waals surface area contributed by atoms with Crippen LogP contribution < -0.4 is 0 Å². The summed E-state index contributed by atoms with van der Waals surface area (Å²) in [5.41, 5.74) is 3.80. The van der Waals surface area contributed by atoms with E-state index in [0.717, 1.165) is 16.8 Å². The van der Waals surface area contributed by atoms with E-state index in [0.29, 0.717) is 30.1 Å². The lowest BCUT2D eigenvalue weighted by atomic mass is 10.2. The molecule has 0 saturated carbocycles. The predicted molar refractivity (Wildman–Crippen MR) is 105 cm³/mol.